The lowest BCUT2D eigenvalue weighted by molar-refractivity contribution is 0.306. The molecule has 0 fully saturated rings. The van der Waals surface area contributed by atoms with Crippen molar-refractivity contribution >= 4 is 27.3 Å². The summed E-state index contributed by atoms with van der Waals surface area (Å²) in [6, 6.07) is 2.16. The molecule has 0 amide bonds. The minimum absolute atomic E-state index is 0.444. The minimum Gasteiger partial charge on any atom is -0.325 e. The van der Waals surface area contributed by atoms with E-state index < -0.39 is 0 Å². The predicted octanol–water partition coefficient (Wildman–Crippen LogP) is 1.69. The third-order valence-electron chi connectivity index (χ3n) is 2.55. The number of aromatic nitrogens is 3. The molecular weight excluding hydrogens is 314 g/mol. The van der Waals surface area contributed by atoms with Gasteiger partial charge < -0.3 is 5.73 Å². The second kappa shape index (κ2) is 6.42. The van der Waals surface area contributed by atoms with Crippen LogP contribution in [0.1, 0.15) is 10.6 Å². The number of thiophene rings is 1. The molecule has 0 bridgehead atoms. The molecular formula is C11H16BrN5S. The molecule has 98 valence electrons. The van der Waals surface area contributed by atoms with E-state index in [2.05, 4.69) is 49.6 Å². The van der Waals surface area contributed by atoms with Gasteiger partial charge in [-0.3, -0.25) is 9.58 Å². The molecule has 0 radical (unpaired) electrons. The Hall–Kier alpha value is -0.760. The molecule has 0 unspecified atom stereocenters. The van der Waals surface area contributed by atoms with E-state index in [1.165, 1.54) is 4.88 Å². The summed E-state index contributed by atoms with van der Waals surface area (Å²) in [4.78, 5) is 3.62. The Morgan fingerprint density at radius 3 is 3.00 bits per heavy atom. The van der Waals surface area contributed by atoms with E-state index >= 15 is 0 Å². The molecule has 0 aromatic carbocycles. The van der Waals surface area contributed by atoms with Crippen LogP contribution < -0.4 is 5.73 Å². The summed E-state index contributed by atoms with van der Waals surface area (Å²) in [7, 11) is 2.11. The van der Waals surface area contributed by atoms with Crippen LogP contribution in [0.3, 0.4) is 0 Å². The fraction of sp³-hybridized carbons (Fsp3) is 0.455. The topological polar surface area (TPSA) is 60.0 Å². The molecule has 0 aliphatic carbocycles. The fourth-order valence-electron chi connectivity index (χ4n) is 1.60. The average molecular weight is 330 g/mol. The van der Waals surface area contributed by atoms with Crippen LogP contribution in [0.4, 0.5) is 0 Å². The van der Waals surface area contributed by atoms with Crippen molar-refractivity contribution < 1.29 is 0 Å². The van der Waals surface area contributed by atoms with E-state index in [-0.39, 0.29) is 0 Å². The molecule has 2 rings (SSSR count). The summed E-state index contributed by atoms with van der Waals surface area (Å²) in [6.45, 7) is 3.16. The van der Waals surface area contributed by atoms with Crippen molar-refractivity contribution in [1.29, 1.82) is 0 Å². The van der Waals surface area contributed by atoms with Crippen molar-refractivity contribution in [2.24, 2.45) is 5.73 Å². The summed E-state index contributed by atoms with van der Waals surface area (Å²) in [5.74, 6) is 0. The van der Waals surface area contributed by atoms with Gasteiger partial charge in [-0.25, -0.2) is 0 Å². The Kier molecular flexibility index (Phi) is 4.87. The van der Waals surface area contributed by atoms with Crippen molar-refractivity contribution in [3.63, 3.8) is 0 Å². The molecule has 0 aliphatic rings. The lowest BCUT2D eigenvalue weighted by Crippen LogP contribution is -2.22. The van der Waals surface area contributed by atoms with Gasteiger partial charge in [0.15, 0.2) is 0 Å². The van der Waals surface area contributed by atoms with Crippen molar-refractivity contribution in [3.05, 3.63) is 32.7 Å². The first kappa shape index (κ1) is 13.7. The number of rotatable bonds is 6. The van der Waals surface area contributed by atoms with Crippen LogP contribution in [-0.4, -0.2) is 33.5 Å². The number of hydrogen-bond donors (Lipinski definition) is 1. The second-order valence-corrected chi connectivity index (χ2v) is 6.06. The summed E-state index contributed by atoms with van der Waals surface area (Å²) in [5.41, 5.74) is 6.33. The molecule has 0 atom stereocenters. The normalized spacial score (nSPS) is 11.3. The van der Waals surface area contributed by atoms with Crippen LogP contribution in [0.5, 0.6) is 0 Å². The Balaban J connectivity index is 1.79. The molecule has 0 aliphatic heterocycles. The Labute approximate surface area is 119 Å². The van der Waals surface area contributed by atoms with Crippen molar-refractivity contribution in [2.45, 2.75) is 19.6 Å². The average Bonchev–Trinajstić information content (AvgIpc) is 2.95. The fourth-order valence-corrected chi connectivity index (χ4v) is 3.13. The number of hydrogen-bond acceptors (Lipinski definition) is 5. The molecule has 5 nitrogen and oxygen atoms in total. The summed E-state index contributed by atoms with van der Waals surface area (Å²) in [6.07, 6.45) is 1.90. The van der Waals surface area contributed by atoms with Crippen LogP contribution in [0, 0.1) is 0 Å². The second-order valence-electron chi connectivity index (χ2n) is 4.15. The van der Waals surface area contributed by atoms with Crippen LogP contribution in [0.2, 0.25) is 0 Å². The lowest BCUT2D eigenvalue weighted by atomic mass is 10.4. The zero-order valence-electron chi connectivity index (χ0n) is 10.2. The lowest BCUT2D eigenvalue weighted by Gasteiger charge is -2.14. The van der Waals surface area contributed by atoms with Gasteiger partial charge in [-0.1, -0.05) is 5.21 Å². The van der Waals surface area contributed by atoms with Crippen LogP contribution in [0.15, 0.2) is 22.1 Å². The predicted molar refractivity (Wildman–Crippen MR) is 76.3 cm³/mol. The molecule has 0 saturated carbocycles. The number of halogens is 1. The standard InChI is InChI=1S/C11H16BrN5S/c1-16(7-11-4-9(12)8-18-11)2-3-17-6-10(5-13)14-15-17/h4,6,8H,2-3,5,7,13H2,1H3. The molecule has 18 heavy (non-hydrogen) atoms. The van der Waals surface area contributed by atoms with Gasteiger partial charge in [0.1, 0.15) is 0 Å². The van der Waals surface area contributed by atoms with Crippen molar-refractivity contribution in [1.82, 2.24) is 19.9 Å². The third-order valence-corrected chi connectivity index (χ3v) is 4.24. The highest BCUT2D eigenvalue weighted by atomic mass is 79.9. The highest BCUT2D eigenvalue weighted by molar-refractivity contribution is 9.10. The molecule has 2 N–H and O–H groups in total. The smallest absolute Gasteiger partial charge is 0.0962 e. The van der Waals surface area contributed by atoms with Gasteiger partial charge in [-0.05, 0) is 29.0 Å². The molecule has 2 aromatic heterocycles. The van der Waals surface area contributed by atoms with E-state index in [4.69, 9.17) is 5.73 Å². The SMILES string of the molecule is CN(CCn1cc(CN)nn1)Cc1cc(Br)cs1. The summed E-state index contributed by atoms with van der Waals surface area (Å²) in [5, 5.41) is 10.1. The first-order chi connectivity index (χ1) is 8.67. The van der Waals surface area contributed by atoms with Gasteiger partial charge in [-0.2, -0.15) is 0 Å². The minimum atomic E-state index is 0.444. The molecule has 2 aromatic rings. The van der Waals surface area contributed by atoms with Gasteiger partial charge in [0, 0.05) is 40.6 Å². The van der Waals surface area contributed by atoms with Gasteiger partial charge in [0.2, 0.25) is 0 Å². The van der Waals surface area contributed by atoms with Gasteiger partial charge in [0.05, 0.1) is 12.2 Å². The Morgan fingerprint density at radius 1 is 1.56 bits per heavy atom. The highest BCUT2D eigenvalue weighted by Gasteiger charge is 2.04. The van der Waals surface area contributed by atoms with E-state index in [1.54, 1.807) is 11.3 Å². The van der Waals surface area contributed by atoms with E-state index in [0.29, 0.717) is 6.54 Å². The maximum atomic E-state index is 5.49. The van der Waals surface area contributed by atoms with Crippen LogP contribution in [0.25, 0.3) is 0 Å². The zero-order valence-corrected chi connectivity index (χ0v) is 12.6. The van der Waals surface area contributed by atoms with Crippen molar-refractivity contribution in [2.75, 3.05) is 13.6 Å². The van der Waals surface area contributed by atoms with E-state index in [9.17, 15) is 0 Å². The van der Waals surface area contributed by atoms with Gasteiger partial charge in [0.25, 0.3) is 0 Å². The van der Waals surface area contributed by atoms with E-state index in [0.717, 1.165) is 29.8 Å². The first-order valence-electron chi connectivity index (χ1n) is 5.68. The third kappa shape index (κ3) is 3.88. The largest absolute Gasteiger partial charge is 0.325 e. The molecule has 0 saturated heterocycles. The van der Waals surface area contributed by atoms with Gasteiger partial charge in [-0.15, -0.1) is 16.4 Å². The van der Waals surface area contributed by atoms with Gasteiger partial charge >= 0.3 is 0 Å². The molecule has 2 heterocycles. The highest BCUT2D eigenvalue weighted by Crippen LogP contribution is 2.20. The monoisotopic (exact) mass is 329 g/mol. The number of nitrogens with zero attached hydrogens (tertiary/aromatic N) is 4. The molecule has 7 heteroatoms. The maximum Gasteiger partial charge on any atom is 0.0962 e. The summed E-state index contributed by atoms with van der Waals surface area (Å²) < 4.78 is 2.99. The maximum absolute atomic E-state index is 5.49. The summed E-state index contributed by atoms with van der Waals surface area (Å²) >= 11 is 5.23. The van der Waals surface area contributed by atoms with Crippen LogP contribution in [-0.2, 0) is 19.6 Å². The number of nitrogens with two attached hydrogens (primary N) is 1. The molecule has 0 spiro atoms. The first-order valence-corrected chi connectivity index (χ1v) is 7.35. The van der Waals surface area contributed by atoms with E-state index in [1.807, 2.05) is 10.9 Å². The van der Waals surface area contributed by atoms with Crippen molar-refractivity contribution in [3.8, 4) is 0 Å². The van der Waals surface area contributed by atoms with Crippen LogP contribution >= 0.6 is 27.3 Å². The zero-order chi connectivity index (χ0) is 13.0. The Bertz CT molecular complexity index is 495. The quantitative estimate of drug-likeness (QED) is 0.876. The number of likely N-dealkylation sites (N-methyl/N-ethyl adjacent to an activating group) is 1. The Morgan fingerprint density at radius 2 is 2.39 bits per heavy atom.